The quantitative estimate of drug-likeness (QED) is 0.407. The molecular formula is C15H16F6O2. The van der Waals surface area contributed by atoms with E-state index in [1.807, 2.05) is 6.08 Å². The Morgan fingerprint density at radius 3 is 2.30 bits per heavy atom. The second-order valence-corrected chi connectivity index (χ2v) is 6.29. The zero-order valence-corrected chi connectivity index (χ0v) is 12.5. The summed E-state index contributed by atoms with van der Waals surface area (Å²) in [7, 11) is 0. The van der Waals surface area contributed by atoms with E-state index in [1.54, 1.807) is 12.2 Å². The van der Waals surface area contributed by atoms with E-state index in [0.29, 0.717) is 20.3 Å². The molecule has 0 aromatic heterocycles. The normalized spacial score (nSPS) is 24.3. The summed E-state index contributed by atoms with van der Waals surface area (Å²) in [6.45, 7) is 1.18. The third kappa shape index (κ3) is 3.12. The topological polar surface area (TPSA) is 26.3 Å². The van der Waals surface area contributed by atoms with Crippen molar-refractivity contribution in [3.8, 4) is 0 Å². The van der Waals surface area contributed by atoms with Gasteiger partial charge < -0.3 is 4.74 Å². The van der Waals surface area contributed by atoms with Crippen molar-refractivity contribution in [2.75, 3.05) is 0 Å². The summed E-state index contributed by atoms with van der Waals surface area (Å²) in [5.74, 6) is -11.3. The van der Waals surface area contributed by atoms with Gasteiger partial charge >= 0.3 is 17.8 Å². The highest BCUT2D eigenvalue weighted by atomic mass is 19.3. The lowest BCUT2D eigenvalue weighted by atomic mass is 9.92. The summed E-state index contributed by atoms with van der Waals surface area (Å²) in [6.07, 6.45) is -0.199. The van der Waals surface area contributed by atoms with Gasteiger partial charge in [-0.3, -0.25) is 0 Å². The number of alkyl halides is 6. The molecule has 0 saturated carbocycles. The van der Waals surface area contributed by atoms with Crippen molar-refractivity contribution in [1.29, 1.82) is 0 Å². The van der Waals surface area contributed by atoms with E-state index >= 15 is 0 Å². The molecule has 0 saturated heterocycles. The summed E-state index contributed by atoms with van der Waals surface area (Å²) in [4.78, 5) is 12.0. The Morgan fingerprint density at radius 1 is 1.26 bits per heavy atom. The van der Waals surface area contributed by atoms with Gasteiger partial charge in [0.1, 0.15) is 0 Å². The van der Waals surface area contributed by atoms with E-state index in [-0.39, 0.29) is 17.4 Å². The lowest BCUT2D eigenvalue weighted by Crippen LogP contribution is -2.58. The van der Waals surface area contributed by atoms with Gasteiger partial charge in [0.15, 0.2) is 5.60 Å². The van der Waals surface area contributed by atoms with Gasteiger partial charge in [-0.1, -0.05) is 18.2 Å². The second kappa shape index (κ2) is 5.56. The molecular weight excluding hydrogens is 326 g/mol. The molecule has 2 unspecified atom stereocenters. The van der Waals surface area contributed by atoms with Crippen LogP contribution in [-0.4, -0.2) is 29.8 Å². The van der Waals surface area contributed by atoms with Crippen LogP contribution in [-0.2, 0) is 9.53 Å². The molecule has 0 N–H and O–H groups in total. The van der Waals surface area contributed by atoms with Crippen molar-refractivity contribution in [2.45, 2.75) is 50.6 Å². The van der Waals surface area contributed by atoms with Crippen LogP contribution in [0.25, 0.3) is 0 Å². The average molecular weight is 342 g/mol. The molecule has 2 aliphatic carbocycles. The van der Waals surface area contributed by atoms with E-state index in [1.165, 1.54) is 0 Å². The van der Waals surface area contributed by atoms with Crippen molar-refractivity contribution >= 4 is 5.97 Å². The van der Waals surface area contributed by atoms with Crippen molar-refractivity contribution in [3.63, 3.8) is 0 Å². The van der Waals surface area contributed by atoms with Crippen LogP contribution in [0.3, 0.4) is 0 Å². The van der Waals surface area contributed by atoms with Crippen LogP contribution in [0.2, 0.25) is 0 Å². The minimum Gasteiger partial charge on any atom is -0.450 e. The first-order valence-corrected chi connectivity index (χ1v) is 7.04. The number of allylic oxidation sites excluding steroid dienone is 3. The van der Waals surface area contributed by atoms with Gasteiger partial charge in [-0.25, -0.2) is 13.6 Å². The van der Waals surface area contributed by atoms with E-state index in [4.69, 9.17) is 0 Å². The monoisotopic (exact) mass is 342 g/mol. The molecule has 2 rings (SSSR count). The number of ether oxygens (including phenoxy) is 1. The molecule has 0 heterocycles. The fourth-order valence-electron chi connectivity index (χ4n) is 2.77. The molecule has 2 aliphatic rings. The van der Waals surface area contributed by atoms with Crippen molar-refractivity contribution in [1.82, 2.24) is 0 Å². The molecule has 130 valence electrons. The fraction of sp³-hybridized carbons (Fsp3) is 0.667. The smallest absolute Gasteiger partial charge is 0.348 e. The first-order valence-electron chi connectivity index (χ1n) is 7.04. The van der Waals surface area contributed by atoms with E-state index in [9.17, 15) is 31.1 Å². The highest BCUT2D eigenvalue weighted by Crippen LogP contribution is 2.48. The molecule has 2 atom stereocenters. The lowest BCUT2D eigenvalue weighted by Gasteiger charge is -2.38. The fourth-order valence-corrected chi connectivity index (χ4v) is 2.77. The largest absolute Gasteiger partial charge is 0.450 e. The zero-order chi connectivity index (χ0) is 17.6. The van der Waals surface area contributed by atoms with Gasteiger partial charge in [0, 0.05) is 11.5 Å². The molecule has 23 heavy (non-hydrogen) atoms. The Bertz CT molecular complexity index is 550. The average Bonchev–Trinajstić information content (AvgIpc) is 2.98. The maximum absolute atomic E-state index is 14.0. The minimum atomic E-state index is -5.01. The van der Waals surface area contributed by atoms with Crippen molar-refractivity contribution in [2.24, 2.45) is 11.8 Å². The molecule has 0 aromatic carbocycles. The molecule has 0 spiro atoms. The molecule has 0 amide bonds. The number of esters is 1. The molecule has 0 aromatic rings. The number of fused-ring (bicyclic) bond motifs is 2. The van der Waals surface area contributed by atoms with Crippen LogP contribution < -0.4 is 0 Å². The highest BCUT2D eigenvalue weighted by Gasteiger charge is 2.67. The Morgan fingerprint density at radius 2 is 1.87 bits per heavy atom. The van der Waals surface area contributed by atoms with E-state index in [0.717, 1.165) is 0 Å². The number of hydrogen-bond acceptors (Lipinski definition) is 2. The van der Waals surface area contributed by atoms with Crippen molar-refractivity contribution in [3.05, 3.63) is 23.8 Å². The Labute approximate surface area is 129 Å². The van der Waals surface area contributed by atoms with Gasteiger partial charge in [-0.05, 0) is 26.2 Å². The van der Waals surface area contributed by atoms with E-state index < -0.39 is 36.3 Å². The second-order valence-electron chi connectivity index (χ2n) is 6.29. The first kappa shape index (κ1) is 17.9. The maximum atomic E-state index is 14.0. The molecule has 0 radical (unpaired) electrons. The molecule has 2 nitrogen and oxygen atoms in total. The van der Waals surface area contributed by atoms with Gasteiger partial charge in [0.25, 0.3) is 0 Å². The number of carbonyl (C=O) groups excluding carboxylic acids is 1. The molecule has 0 aliphatic heterocycles. The van der Waals surface area contributed by atoms with Crippen LogP contribution in [0.5, 0.6) is 0 Å². The number of hydrogen-bond donors (Lipinski definition) is 0. The third-order valence-electron chi connectivity index (χ3n) is 4.12. The Kier molecular flexibility index (Phi) is 4.32. The number of halogens is 6. The maximum Gasteiger partial charge on any atom is 0.348 e. The lowest BCUT2D eigenvalue weighted by molar-refractivity contribution is -0.293. The summed E-state index contributed by atoms with van der Waals surface area (Å²) < 4.78 is 83.8. The van der Waals surface area contributed by atoms with Gasteiger partial charge in [-0.2, -0.15) is 17.6 Å². The van der Waals surface area contributed by atoms with Gasteiger partial charge in [-0.15, -0.1) is 0 Å². The SMILES string of the molecule is CC(C)(OC(=O)C1=CC2C=CC1C2)C(F)(F)C(F)(F)CC(F)F. The molecule has 0 fully saturated rings. The summed E-state index contributed by atoms with van der Waals surface area (Å²) in [5.41, 5.74) is -2.80. The van der Waals surface area contributed by atoms with Gasteiger partial charge in [0.05, 0.1) is 6.42 Å². The summed E-state index contributed by atoms with van der Waals surface area (Å²) in [5, 5.41) is 0. The summed E-state index contributed by atoms with van der Waals surface area (Å²) in [6, 6.07) is 0. The first-order chi connectivity index (χ1) is 10.4. The Hall–Kier alpha value is -1.47. The van der Waals surface area contributed by atoms with Crippen LogP contribution in [0.4, 0.5) is 26.3 Å². The summed E-state index contributed by atoms with van der Waals surface area (Å²) >= 11 is 0. The number of carbonyl (C=O) groups is 1. The van der Waals surface area contributed by atoms with Crippen molar-refractivity contribution < 1.29 is 35.9 Å². The highest BCUT2D eigenvalue weighted by molar-refractivity contribution is 5.91. The van der Waals surface area contributed by atoms with Crippen LogP contribution >= 0.6 is 0 Å². The Balaban J connectivity index is 2.14. The zero-order valence-electron chi connectivity index (χ0n) is 12.5. The number of rotatable bonds is 6. The minimum absolute atomic E-state index is 0.00597. The van der Waals surface area contributed by atoms with Crippen LogP contribution in [0.15, 0.2) is 23.8 Å². The predicted octanol–water partition coefficient (Wildman–Crippen LogP) is 4.37. The van der Waals surface area contributed by atoms with Gasteiger partial charge in [0.2, 0.25) is 6.43 Å². The molecule has 8 heteroatoms. The molecule has 2 bridgehead atoms. The van der Waals surface area contributed by atoms with E-state index in [2.05, 4.69) is 4.74 Å². The van der Waals surface area contributed by atoms with Crippen LogP contribution in [0.1, 0.15) is 26.7 Å². The standard InChI is InChI=1S/C15H16F6O2/c1-13(2,15(20,21)14(18,19)7-11(16)17)23-12(22)10-6-8-3-4-9(10)5-8/h3-4,6,8-9,11H,5,7H2,1-2H3. The van der Waals surface area contributed by atoms with Crippen LogP contribution in [0, 0.1) is 11.8 Å². The predicted molar refractivity (Wildman–Crippen MR) is 69.5 cm³/mol. The third-order valence-corrected chi connectivity index (χ3v) is 4.12.